The molecule has 0 spiro atoms. The van der Waals surface area contributed by atoms with Gasteiger partial charge in [0.15, 0.2) is 0 Å². The number of nitrogens with one attached hydrogen (secondary N) is 2. The van der Waals surface area contributed by atoms with E-state index in [9.17, 15) is 4.79 Å². The highest BCUT2D eigenvalue weighted by Crippen LogP contribution is 2.32. The van der Waals surface area contributed by atoms with Crippen molar-refractivity contribution in [3.63, 3.8) is 0 Å². The maximum atomic E-state index is 11.8. The first-order valence-electron chi connectivity index (χ1n) is 8.43. The largest absolute Gasteiger partial charge is 0.373 e. The molecule has 1 aromatic rings. The molecule has 2 rings (SSSR count). The fourth-order valence-electron chi connectivity index (χ4n) is 3.00. The minimum Gasteiger partial charge on any atom is -0.373 e. The lowest BCUT2D eigenvalue weighted by Gasteiger charge is -2.31. The standard InChI is InChI=1S/C18H27ClN2O2/c1-13(2)21-17(22)8-10-23-18(15-6-4-9-20-12-15)14-5-3-7-16(19)11-14/h3,5,7,11,13,15,18,20H,4,6,8-10,12H2,1-2H3,(H,21,22)/t15-,18+/m1/s1. The molecule has 0 saturated carbocycles. The topological polar surface area (TPSA) is 50.4 Å². The molecular weight excluding hydrogens is 312 g/mol. The van der Waals surface area contributed by atoms with Gasteiger partial charge in [0.2, 0.25) is 5.91 Å². The van der Waals surface area contributed by atoms with Gasteiger partial charge in [-0.2, -0.15) is 0 Å². The molecule has 1 amide bonds. The van der Waals surface area contributed by atoms with Crippen molar-refractivity contribution in [2.24, 2.45) is 5.92 Å². The highest BCUT2D eigenvalue weighted by Gasteiger charge is 2.26. The number of rotatable bonds is 7. The number of ether oxygens (including phenoxy) is 1. The summed E-state index contributed by atoms with van der Waals surface area (Å²) in [4.78, 5) is 11.8. The second-order valence-corrected chi connectivity index (χ2v) is 6.86. The van der Waals surface area contributed by atoms with Crippen molar-refractivity contribution in [2.75, 3.05) is 19.7 Å². The Kier molecular flexibility index (Phi) is 7.34. The first-order valence-corrected chi connectivity index (χ1v) is 8.81. The molecule has 0 unspecified atom stereocenters. The summed E-state index contributed by atoms with van der Waals surface area (Å²) in [6.07, 6.45) is 2.64. The van der Waals surface area contributed by atoms with Crippen LogP contribution in [0.5, 0.6) is 0 Å². The molecule has 2 N–H and O–H groups in total. The maximum absolute atomic E-state index is 11.8. The molecule has 0 bridgehead atoms. The third-order valence-electron chi connectivity index (χ3n) is 4.02. The van der Waals surface area contributed by atoms with Gasteiger partial charge in [-0.1, -0.05) is 23.7 Å². The van der Waals surface area contributed by atoms with Gasteiger partial charge < -0.3 is 15.4 Å². The van der Waals surface area contributed by atoms with Crippen LogP contribution >= 0.6 is 11.6 Å². The first-order chi connectivity index (χ1) is 11.1. The number of halogens is 1. The van der Waals surface area contributed by atoms with Crippen molar-refractivity contribution in [2.45, 2.75) is 45.3 Å². The average molecular weight is 339 g/mol. The van der Waals surface area contributed by atoms with Crippen molar-refractivity contribution < 1.29 is 9.53 Å². The van der Waals surface area contributed by atoms with Crippen LogP contribution in [-0.2, 0) is 9.53 Å². The predicted molar refractivity (Wildman–Crippen MR) is 93.6 cm³/mol. The smallest absolute Gasteiger partial charge is 0.222 e. The van der Waals surface area contributed by atoms with E-state index in [1.54, 1.807) is 0 Å². The highest BCUT2D eigenvalue weighted by molar-refractivity contribution is 6.30. The molecule has 0 aromatic heterocycles. The maximum Gasteiger partial charge on any atom is 0.222 e. The van der Waals surface area contributed by atoms with Gasteiger partial charge in [0.1, 0.15) is 0 Å². The van der Waals surface area contributed by atoms with E-state index >= 15 is 0 Å². The SMILES string of the molecule is CC(C)NC(=O)CCO[C@@H](c1cccc(Cl)c1)[C@@H]1CCCNC1. The Morgan fingerprint density at radius 1 is 1.48 bits per heavy atom. The van der Waals surface area contributed by atoms with Crippen LogP contribution in [0.1, 0.15) is 44.8 Å². The minimum atomic E-state index is -0.0200. The monoisotopic (exact) mass is 338 g/mol. The fraction of sp³-hybridized carbons (Fsp3) is 0.611. The lowest BCUT2D eigenvalue weighted by molar-refractivity contribution is -0.123. The Morgan fingerprint density at radius 2 is 2.30 bits per heavy atom. The number of hydrogen-bond acceptors (Lipinski definition) is 3. The molecular formula is C18H27ClN2O2. The van der Waals surface area contributed by atoms with Crippen LogP contribution in [0.3, 0.4) is 0 Å². The van der Waals surface area contributed by atoms with Gasteiger partial charge in [-0.05, 0) is 50.9 Å². The minimum absolute atomic E-state index is 0.0200. The molecule has 128 valence electrons. The molecule has 0 radical (unpaired) electrons. The molecule has 0 aliphatic carbocycles. The van der Waals surface area contributed by atoms with Gasteiger partial charge in [-0.25, -0.2) is 0 Å². The van der Waals surface area contributed by atoms with Crippen LogP contribution < -0.4 is 10.6 Å². The van der Waals surface area contributed by atoms with Gasteiger partial charge in [0, 0.05) is 29.9 Å². The molecule has 1 aliphatic rings. The zero-order valence-electron chi connectivity index (χ0n) is 14.0. The van der Waals surface area contributed by atoms with Gasteiger partial charge in [-0.3, -0.25) is 4.79 Å². The molecule has 1 heterocycles. The van der Waals surface area contributed by atoms with Crippen LogP contribution in [0, 0.1) is 5.92 Å². The molecule has 5 heteroatoms. The Hall–Kier alpha value is -1.10. The Morgan fingerprint density at radius 3 is 2.96 bits per heavy atom. The number of piperidine rings is 1. The molecule has 1 fully saturated rings. The van der Waals surface area contributed by atoms with E-state index in [0.29, 0.717) is 18.9 Å². The van der Waals surface area contributed by atoms with Crippen LogP contribution in [0.2, 0.25) is 5.02 Å². The summed E-state index contributed by atoms with van der Waals surface area (Å²) in [5, 5.41) is 7.05. The van der Waals surface area contributed by atoms with Gasteiger partial charge >= 0.3 is 0 Å². The quantitative estimate of drug-likeness (QED) is 0.802. The molecule has 1 saturated heterocycles. The molecule has 2 atom stereocenters. The lowest BCUT2D eigenvalue weighted by Crippen LogP contribution is -2.35. The van der Waals surface area contributed by atoms with E-state index in [4.69, 9.17) is 16.3 Å². The molecule has 1 aliphatic heterocycles. The van der Waals surface area contributed by atoms with E-state index in [1.807, 2.05) is 32.0 Å². The summed E-state index contributed by atoms with van der Waals surface area (Å²) >= 11 is 6.13. The van der Waals surface area contributed by atoms with E-state index in [-0.39, 0.29) is 18.1 Å². The number of amides is 1. The Bertz CT molecular complexity index is 502. The zero-order chi connectivity index (χ0) is 16.7. The zero-order valence-corrected chi connectivity index (χ0v) is 14.7. The molecule has 4 nitrogen and oxygen atoms in total. The van der Waals surface area contributed by atoms with Crippen LogP contribution in [-0.4, -0.2) is 31.6 Å². The second-order valence-electron chi connectivity index (χ2n) is 6.43. The van der Waals surface area contributed by atoms with Crippen molar-refractivity contribution >= 4 is 17.5 Å². The normalized spacial score (nSPS) is 19.6. The summed E-state index contributed by atoms with van der Waals surface area (Å²) in [5.41, 5.74) is 1.09. The van der Waals surface area contributed by atoms with Gasteiger partial charge in [-0.15, -0.1) is 0 Å². The first kappa shape index (κ1) is 18.2. The molecule has 1 aromatic carbocycles. The second kappa shape index (κ2) is 9.26. The average Bonchev–Trinajstić information content (AvgIpc) is 2.51. The van der Waals surface area contributed by atoms with Gasteiger partial charge in [0.25, 0.3) is 0 Å². The Balaban J connectivity index is 1.97. The van der Waals surface area contributed by atoms with E-state index in [1.165, 1.54) is 0 Å². The third kappa shape index (κ3) is 6.13. The lowest BCUT2D eigenvalue weighted by atomic mass is 9.89. The summed E-state index contributed by atoms with van der Waals surface area (Å²) < 4.78 is 6.12. The van der Waals surface area contributed by atoms with Crippen molar-refractivity contribution in [1.82, 2.24) is 10.6 Å². The summed E-state index contributed by atoms with van der Waals surface area (Å²) in [6.45, 7) is 6.35. The van der Waals surface area contributed by atoms with Crippen molar-refractivity contribution in [1.29, 1.82) is 0 Å². The number of hydrogen-bond donors (Lipinski definition) is 2. The van der Waals surface area contributed by atoms with Crippen molar-refractivity contribution in [3.8, 4) is 0 Å². The summed E-state index contributed by atoms with van der Waals surface area (Å²) in [5.74, 6) is 0.446. The van der Waals surface area contributed by atoms with Crippen LogP contribution in [0.4, 0.5) is 0 Å². The van der Waals surface area contributed by atoms with Gasteiger partial charge in [0.05, 0.1) is 12.7 Å². The van der Waals surface area contributed by atoms with E-state index in [0.717, 1.165) is 36.5 Å². The number of carbonyl (C=O) groups excluding carboxylic acids is 1. The van der Waals surface area contributed by atoms with Crippen LogP contribution in [0.25, 0.3) is 0 Å². The molecule has 23 heavy (non-hydrogen) atoms. The summed E-state index contributed by atoms with van der Waals surface area (Å²) in [6, 6.07) is 8.01. The highest BCUT2D eigenvalue weighted by atomic mass is 35.5. The van der Waals surface area contributed by atoms with Crippen LogP contribution in [0.15, 0.2) is 24.3 Å². The summed E-state index contributed by atoms with van der Waals surface area (Å²) in [7, 11) is 0. The van der Waals surface area contributed by atoms with E-state index in [2.05, 4.69) is 16.7 Å². The van der Waals surface area contributed by atoms with Crippen molar-refractivity contribution in [3.05, 3.63) is 34.9 Å². The fourth-order valence-corrected chi connectivity index (χ4v) is 3.20. The third-order valence-corrected chi connectivity index (χ3v) is 4.25. The van der Waals surface area contributed by atoms with E-state index < -0.39 is 0 Å². The Labute approximate surface area is 143 Å². The predicted octanol–water partition coefficient (Wildman–Crippen LogP) is 3.31. The number of carbonyl (C=O) groups is 1. The number of benzene rings is 1.